The summed E-state index contributed by atoms with van der Waals surface area (Å²) in [4.78, 5) is 2.61. The van der Waals surface area contributed by atoms with Gasteiger partial charge in [-0.25, -0.2) is 0 Å². The molecule has 2 heteroatoms. The molecule has 2 aromatic carbocycles. The van der Waals surface area contributed by atoms with Crippen molar-refractivity contribution < 1.29 is 0 Å². The molecule has 60 heavy (non-hydrogen) atoms. The zero-order valence-electron chi connectivity index (χ0n) is 37.4. The Kier molecular flexibility index (Phi) is 23.2. The van der Waals surface area contributed by atoms with Crippen LogP contribution in [-0.2, 0) is 12.8 Å². The molecule has 4 atom stereocenters. The maximum atomic E-state index is 4.00. The summed E-state index contributed by atoms with van der Waals surface area (Å²) in [6.07, 6.45) is 56.6. The molecule has 2 nitrogen and oxygen atoms in total. The van der Waals surface area contributed by atoms with Crippen molar-refractivity contribution in [3.63, 3.8) is 0 Å². The second-order valence-electron chi connectivity index (χ2n) is 15.6. The van der Waals surface area contributed by atoms with Crippen LogP contribution >= 0.6 is 0 Å². The number of hydrogen-bond donors (Lipinski definition) is 1. The highest BCUT2D eigenvalue weighted by Crippen LogP contribution is 2.46. The maximum Gasteiger partial charge on any atom is 0.0551 e. The van der Waals surface area contributed by atoms with Gasteiger partial charge in [0.25, 0.3) is 0 Å². The van der Waals surface area contributed by atoms with Crippen molar-refractivity contribution in [3.8, 4) is 12.8 Å². The van der Waals surface area contributed by atoms with Gasteiger partial charge in [-0.3, -0.25) is 0 Å². The number of likely N-dealkylation sites (N-methyl/N-ethyl adjacent to an activating group) is 1. The lowest BCUT2D eigenvalue weighted by Crippen LogP contribution is -2.31. The molecule has 2 aromatic rings. The van der Waals surface area contributed by atoms with E-state index >= 15 is 0 Å². The van der Waals surface area contributed by atoms with E-state index in [1.54, 1.807) is 0 Å². The smallest absolute Gasteiger partial charge is 0.0551 e. The second kappa shape index (κ2) is 28.6. The highest BCUT2D eigenvalue weighted by molar-refractivity contribution is 5.47. The standard InChI is InChI=1S/C31H35N.C17H23N.C8H12.C2H2/c1-3-5-6-7-13-23-32-30-18-12-11-17-28(30)29-22-21-27(24-31(29)32)26(14-4-2)20-19-25-15-9-8-10-16-25;1-4-9-16(10-5-2)17(18-3)14-13-15-11-7-6-8-12-15;1-7-4-3-5-8(2)6-7;1-2/h3,5-13,15-16,18,20-22,24,28-29,31H,1,4,14,17,19,23H2,2H3;4,6-9,11-12,14,18H,1,5,10,13H2,2-3H3;3-5,7H,6H2,1-2H3;1-2H/b6-5-,13-7-,26-20+;16-9+,17-14-;;. The van der Waals surface area contributed by atoms with Gasteiger partial charge in [0.15, 0.2) is 0 Å². The van der Waals surface area contributed by atoms with Gasteiger partial charge in [0.05, 0.1) is 6.04 Å². The van der Waals surface area contributed by atoms with Crippen molar-refractivity contribution in [2.24, 2.45) is 17.8 Å². The molecule has 3 aliphatic carbocycles. The van der Waals surface area contributed by atoms with E-state index in [4.69, 9.17) is 0 Å². The van der Waals surface area contributed by atoms with Crippen LogP contribution in [0.5, 0.6) is 0 Å². The lowest BCUT2D eigenvalue weighted by atomic mass is 9.80. The van der Waals surface area contributed by atoms with E-state index in [1.807, 2.05) is 31.3 Å². The van der Waals surface area contributed by atoms with Gasteiger partial charge in [-0.05, 0) is 85.3 Å². The van der Waals surface area contributed by atoms with Crippen LogP contribution in [0.25, 0.3) is 0 Å². The normalized spacial score (nSPS) is 20.6. The Hall–Kier alpha value is -5.78. The van der Waals surface area contributed by atoms with Crippen LogP contribution in [0.15, 0.2) is 217 Å². The van der Waals surface area contributed by atoms with E-state index in [0.29, 0.717) is 17.9 Å². The van der Waals surface area contributed by atoms with Crippen molar-refractivity contribution in [1.29, 1.82) is 0 Å². The maximum absolute atomic E-state index is 4.00. The number of nitrogens with zero attached hydrogens (tertiary/aromatic N) is 1. The molecule has 4 unspecified atom stereocenters. The molecule has 4 aliphatic rings. The first-order valence-electron chi connectivity index (χ1n) is 22.0. The summed E-state index contributed by atoms with van der Waals surface area (Å²) in [5, 5.41) is 3.29. The Bertz CT molecular complexity index is 1960. The van der Waals surface area contributed by atoms with Crippen molar-refractivity contribution >= 4 is 0 Å². The fourth-order valence-corrected chi connectivity index (χ4v) is 8.15. The number of benzene rings is 2. The van der Waals surface area contributed by atoms with Gasteiger partial charge in [0, 0.05) is 36.8 Å². The van der Waals surface area contributed by atoms with Crippen LogP contribution in [0.2, 0.25) is 0 Å². The molecule has 1 N–H and O–H groups in total. The number of fused-ring (bicyclic) bond motifs is 3. The van der Waals surface area contributed by atoms with Gasteiger partial charge in [-0.1, -0.05) is 216 Å². The van der Waals surface area contributed by atoms with Crippen LogP contribution in [0, 0.1) is 30.6 Å². The molecule has 1 fully saturated rings. The van der Waals surface area contributed by atoms with Gasteiger partial charge in [-0.2, -0.15) is 0 Å². The lowest BCUT2D eigenvalue weighted by Gasteiger charge is -2.29. The summed E-state index contributed by atoms with van der Waals surface area (Å²) in [5.41, 5.74) is 11.1. The first-order chi connectivity index (χ1) is 29.4. The van der Waals surface area contributed by atoms with E-state index in [-0.39, 0.29) is 0 Å². The average molecular weight is 797 g/mol. The Morgan fingerprint density at radius 1 is 0.833 bits per heavy atom. The van der Waals surface area contributed by atoms with E-state index in [0.717, 1.165) is 51.0 Å². The first-order valence-corrected chi connectivity index (χ1v) is 22.0. The topological polar surface area (TPSA) is 15.3 Å². The molecular weight excluding hydrogens is 725 g/mol. The SMILES string of the molecule is C#C.C=C/C=C(CCC)/C(=C/Cc1ccccc1)NC.C=C/C=C\C=C/CN1C2=CC=CCC2C2C=CC(/C(=C/Cc3ccccc3)CCC)=CC21.CC1=CC=CC(C)C1. The average Bonchev–Trinajstić information content (AvgIpc) is 3.59. The Morgan fingerprint density at radius 2 is 1.52 bits per heavy atom. The number of nitrogens with one attached hydrogen (secondary N) is 1. The van der Waals surface area contributed by atoms with Crippen LogP contribution < -0.4 is 5.32 Å². The van der Waals surface area contributed by atoms with Crippen molar-refractivity contribution in [2.45, 2.75) is 85.1 Å². The summed E-state index contributed by atoms with van der Waals surface area (Å²) in [5.74, 6) is 1.92. The minimum Gasteiger partial charge on any atom is -0.388 e. The molecule has 0 radical (unpaired) electrons. The fraction of sp³-hybridized carbons (Fsp3) is 0.310. The molecule has 314 valence electrons. The number of allylic oxidation sites excluding steroid dienone is 20. The zero-order chi connectivity index (χ0) is 43.4. The van der Waals surface area contributed by atoms with Crippen molar-refractivity contribution in [2.75, 3.05) is 13.6 Å². The summed E-state index contributed by atoms with van der Waals surface area (Å²) >= 11 is 0. The van der Waals surface area contributed by atoms with E-state index in [1.165, 1.54) is 57.7 Å². The van der Waals surface area contributed by atoms with Gasteiger partial charge < -0.3 is 10.2 Å². The molecule has 0 spiro atoms. The third-order valence-corrected chi connectivity index (χ3v) is 11.0. The number of hydrogen-bond acceptors (Lipinski definition) is 2. The van der Waals surface area contributed by atoms with Gasteiger partial charge in [0.1, 0.15) is 0 Å². The van der Waals surface area contributed by atoms with Gasteiger partial charge >= 0.3 is 0 Å². The van der Waals surface area contributed by atoms with E-state index < -0.39 is 0 Å². The minimum atomic E-state index is 0.427. The predicted octanol–water partition coefficient (Wildman–Crippen LogP) is 14.5. The summed E-state index contributed by atoms with van der Waals surface area (Å²) < 4.78 is 0. The third-order valence-electron chi connectivity index (χ3n) is 11.0. The zero-order valence-corrected chi connectivity index (χ0v) is 37.4. The van der Waals surface area contributed by atoms with E-state index in [2.05, 4.69) is 210 Å². The minimum absolute atomic E-state index is 0.427. The highest BCUT2D eigenvalue weighted by Gasteiger charge is 2.43. The Balaban J connectivity index is 0.000000287. The monoisotopic (exact) mass is 797 g/mol. The molecule has 1 heterocycles. The first kappa shape index (κ1) is 48.6. The Morgan fingerprint density at radius 3 is 2.10 bits per heavy atom. The lowest BCUT2D eigenvalue weighted by molar-refractivity contribution is 0.342. The van der Waals surface area contributed by atoms with Gasteiger partial charge in [-0.15, -0.1) is 12.8 Å². The largest absolute Gasteiger partial charge is 0.388 e. The fourth-order valence-electron chi connectivity index (χ4n) is 8.15. The second-order valence-corrected chi connectivity index (χ2v) is 15.6. The molecule has 0 aromatic heterocycles. The molecule has 6 rings (SSSR count). The quantitative estimate of drug-likeness (QED) is 0.134. The molecule has 0 amide bonds. The van der Waals surface area contributed by atoms with E-state index in [9.17, 15) is 0 Å². The van der Waals surface area contributed by atoms with Crippen LogP contribution in [0.1, 0.15) is 77.3 Å². The number of likely N-dealkylation sites (tertiary alicyclic amines) is 1. The van der Waals surface area contributed by atoms with Crippen LogP contribution in [-0.4, -0.2) is 24.5 Å². The van der Waals surface area contributed by atoms with Gasteiger partial charge in [0.2, 0.25) is 0 Å². The van der Waals surface area contributed by atoms with Crippen molar-refractivity contribution in [1.82, 2.24) is 10.2 Å². The number of rotatable bonds is 16. The van der Waals surface area contributed by atoms with Crippen LogP contribution in [0.3, 0.4) is 0 Å². The molecule has 0 saturated carbocycles. The molecule has 1 aliphatic heterocycles. The summed E-state index contributed by atoms with van der Waals surface area (Å²) in [7, 11) is 1.98. The number of terminal acetylenes is 1. The summed E-state index contributed by atoms with van der Waals surface area (Å²) in [6.45, 7) is 17.4. The summed E-state index contributed by atoms with van der Waals surface area (Å²) in [6, 6.07) is 21.7. The van der Waals surface area contributed by atoms with Crippen LogP contribution in [0.4, 0.5) is 0 Å². The highest BCUT2D eigenvalue weighted by atomic mass is 15.2. The Labute approximate surface area is 366 Å². The predicted molar refractivity (Wildman–Crippen MR) is 265 cm³/mol. The molecular formula is C58H72N2. The third kappa shape index (κ3) is 16.1. The van der Waals surface area contributed by atoms with Crippen molar-refractivity contribution in [3.05, 3.63) is 228 Å². The molecule has 1 saturated heterocycles. The molecule has 0 bridgehead atoms.